The van der Waals surface area contributed by atoms with Crippen molar-refractivity contribution in [2.75, 3.05) is 27.4 Å². The topological polar surface area (TPSA) is 49.8 Å². The number of ether oxygens (including phenoxy) is 4. The first-order valence-electron chi connectivity index (χ1n) is 9.08. The SMILES string of the molecule is CCOc1ccc(Cc2nccc3cc(OC)c(OC)cc23)cc1OCC.Cl. The van der Waals surface area contributed by atoms with E-state index in [1.165, 1.54) is 0 Å². The first-order valence-corrected chi connectivity index (χ1v) is 9.08. The average molecular weight is 404 g/mol. The Bertz CT molecular complexity index is 930. The van der Waals surface area contributed by atoms with Crippen LogP contribution in [0.4, 0.5) is 0 Å². The predicted molar refractivity (Wildman–Crippen MR) is 114 cm³/mol. The Labute approximate surface area is 172 Å². The van der Waals surface area contributed by atoms with Crippen LogP contribution in [0.3, 0.4) is 0 Å². The van der Waals surface area contributed by atoms with E-state index in [0.717, 1.165) is 33.5 Å². The van der Waals surface area contributed by atoms with Gasteiger partial charge in [-0.05, 0) is 55.1 Å². The Balaban J connectivity index is 0.00000280. The number of methoxy groups -OCH3 is 2. The standard InChI is InChI=1S/C22H25NO4.ClH/c1-5-26-19-8-7-15(12-22(19)27-6-2)11-18-17-14-21(25-4)20(24-3)13-16(17)9-10-23-18;/h7-10,12-14H,5-6,11H2,1-4H3;1H. The van der Waals surface area contributed by atoms with Crippen LogP contribution in [0.2, 0.25) is 0 Å². The van der Waals surface area contributed by atoms with E-state index in [1.54, 1.807) is 14.2 Å². The fraction of sp³-hybridized carbons (Fsp3) is 0.318. The van der Waals surface area contributed by atoms with Crippen LogP contribution in [0.1, 0.15) is 25.1 Å². The molecule has 3 aromatic rings. The van der Waals surface area contributed by atoms with E-state index in [0.29, 0.717) is 31.1 Å². The number of hydrogen-bond donors (Lipinski definition) is 0. The monoisotopic (exact) mass is 403 g/mol. The molecule has 0 amide bonds. The maximum Gasteiger partial charge on any atom is 0.161 e. The van der Waals surface area contributed by atoms with Gasteiger partial charge in [0.2, 0.25) is 0 Å². The molecule has 1 aromatic heterocycles. The molecule has 0 aliphatic carbocycles. The molecule has 0 saturated heterocycles. The summed E-state index contributed by atoms with van der Waals surface area (Å²) in [5, 5.41) is 2.11. The molecule has 0 aliphatic rings. The molecule has 0 bridgehead atoms. The summed E-state index contributed by atoms with van der Waals surface area (Å²) in [6, 6.07) is 12.0. The molecular weight excluding hydrogens is 378 g/mol. The molecule has 2 aromatic carbocycles. The number of benzene rings is 2. The minimum Gasteiger partial charge on any atom is -0.493 e. The second-order valence-corrected chi connectivity index (χ2v) is 6.01. The van der Waals surface area contributed by atoms with Crippen molar-refractivity contribution >= 4 is 23.2 Å². The molecular formula is C22H26ClNO4. The van der Waals surface area contributed by atoms with Crippen molar-refractivity contribution in [1.29, 1.82) is 0 Å². The zero-order valence-corrected chi connectivity index (χ0v) is 17.5. The summed E-state index contributed by atoms with van der Waals surface area (Å²) in [6.07, 6.45) is 2.50. The Hall–Kier alpha value is -2.66. The highest BCUT2D eigenvalue weighted by Crippen LogP contribution is 2.34. The van der Waals surface area contributed by atoms with Gasteiger partial charge in [-0.15, -0.1) is 12.4 Å². The van der Waals surface area contributed by atoms with Crippen LogP contribution in [-0.4, -0.2) is 32.4 Å². The van der Waals surface area contributed by atoms with E-state index >= 15 is 0 Å². The van der Waals surface area contributed by atoms with Gasteiger partial charge in [0.1, 0.15) is 0 Å². The van der Waals surface area contributed by atoms with Crippen molar-refractivity contribution in [1.82, 2.24) is 4.98 Å². The minimum atomic E-state index is 0. The van der Waals surface area contributed by atoms with Crippen LogP contribution < -0.4 is 18.9 Å². The first kappa shape index (κ1) is 21.6. The minimum absolute atomic E-state index is 0. The van der Waals surface area contributed by atoms with Crippen molar-refractivity contribution in [3.8, 4) is 23.0 Å². The molecule has 28 heavy (non-hydrogen) atoms. The predicted octanol–water partition coefficient (Wildman–Crippen LogP) is 5.06. The normalized spacial score (nSPS) is 10.3. The van der Waals surface area contributed by atoms with E-state index in [4.69, 9.17) is 18.9 Å². The highest BCUT2D eigenvalue weighted by molar-refractivity contribution is 5.88. The molecule has 0 unspecified atom stereocenters. The quantitative estimate of drug-likeness (QED) is 0.526. The average Bonchev–Trinajstić information content (AvgIpc) is 2.69. The lowest BCUT2D eigenvalue weighted by molar-refractivity contribution is 0.287. The van der Waals surface area contributed by atoms with Gasteiger partial charge < -0.3 is 18.9 Å². The zero-order valence-electron chi connectivity index (χ0n) is 16.7. The van der Waals surface area contributed by atoms with E-state index in [1.807, 2.05) is 50.4 Å². The molecule has 0 aliphatic heterocycles. The van der Waals surface area contributed by atoms with Crippen LogP contribution in [0.25, 0.3) is 10.8 Å². The van der Waals surface area contributed by atoms with Gasteiger partial charge in [-0.2, -0.15) is 0 Å². The van der Waals surface area contributed by atoms with Crippen molar-refractivity contribution in [2.24, 2.45) is 0 Å². The Morgan fingerprint density at radius 2 is 1.46 bits per heavy atom. The molecule has 3 rings (SSSR count). The fourth-order valence-corrected chi connectivity index (χ4v) is 3.10. The smallest absolute Gasteiger partial charge is 0.161 e. The molecule has 1 heterocycles. The van der Waals surface area contributed by atoms with Gasteiger partial charge in [-0.3, -0.25) is 4.98 Å². The molecule has 0 radical (unpaired) electrons. The largest absolute Gasteiger partial charge is 0.493 e. The van der Waals surface area contributed by atoms with Gasteiger partial charge in [-0.1, -0.05) is 6.07 Å². The van der Waals surface area contributed by atoms with Crippen LogP contribution in [0.5, 0.6) is 23.0 Å². The van der Waals surface area contributed by atoms with Gasteiger partial charge in [0.15, 0.2) is 23.0 Å². The van der Waals surface area contributed by atoms with Crippen molar-refractivity contribution < 1.29 is 18.9 Å². The van der Waals surface area contributed by atoms with Gasteiger partial charge in [0, 0.05) is 18.0 Å². The summed E-state index contributed by atoms with van der Waals surface area (Å²) in [5.74, 6) is 2.93. The van der Waals surface area contributed by atoms with Crippen LogP contribution in [-0.2, 0) is 6.42 Å². The van der Waals surface area contributed by atoms with Gasteiger partial charge in [0.05, 0.1) is 33.1 Å². The second-order valence-electron chi connectivity index (χ2n) is 6.01. The Morgan fingerprint density at radius 3 is 2.14 bits per heavy atom. The Kier molecular flexibility index (Phi) is 7.76. The maximum absolute atomic E-state index is 5.74. The van der Waals surface area contributed by atoms with Gasteiger partial charge in [0.25, 0.3) is 0 Å². The Morgan fingerprint density at radius 1 is 0.786 bits per heavy atom. The number of hydrogen-bond acceptors (Lipinski definition) is 5. The number of rotatable bonds is 8. The molecule has 0 fully saturated rings. The van der Waals surface area contributed by atoms with Gasteiger partial charge >= 0.3 is 0 Å². The van der Waals surface area contributed by atoms with E-state index in [2.05, 4.69) is 11.1 Å². The summed E-state index contributed by atoms with van der Waals surface area (Å²) in [5.41, 5.74) is 2.08. The summed E-state index contributed by atoms with van der Waals surface area (Å²) >= 11 is 0. The highest BCUT2D eigenvalue weighted by atomic mass is 35.5. The summed E-state index contributed by atoms with van der Waals surface area (Å²) in [6.45, 7) is 5.12. The highest BCUT2D eigenvalue weighted by Gasteiger charge is 2.12. The second kappa shape index (κ2) is 10.0. The molecule has 150 valence electrons. The fourth-order valence-electron chi connectivity index (χ4n) is 3.10. The molecule has 5 nitrogen and oxygen atoms in total. The molecule has 0 spiro atoms. The third kappa shape index (κ3) is 4.60. The molecule has 0 atom stereocenters. The van der Waals surface area contributed by atoms with Crippen molar-refractivity contribution in [2.45, 2.75) is 20.3 Å². The summed E-state index contributed by atoms with van der Waals surface area (Å²) in [4.78, 5) is 4.60. The van der Waals surface area contributed by atoms with Gasteiger partial charge in [-0.25, -0.2) is 0 Å². The third-order valence-electron chi connectivity index (χ3n) is 4.33. The van der Waals surface area contributed by atoms with Crippen molar-refractivity contribution in [3.05, 3.63) is 53.9 Å². The van der Waals surface area contributed by atoms with Crippen LogP contribution >= 0.6 is 12.4 Å². The number of pyridine rings is 1. The number of fused-ring (bicyclic) bond motifs is 1. The number of halogens is 1. The number of nitrogens with zero attached hydrogens (tertiary/aromatic N) is 1. The van der Waals surface area contributed by atoms with Crippen LogP contribution in [0, 0.1) is 0 Å². The summed E-state index contributed by atoms with van der Waals surface area (Å²) in [7, 11) is 3.28. The van der Waals surface area contributed by atoms with E-state index in [-0.39, 0.29) is 12.4 Å². The maximum atomic E-state index is 5.74. The van der Waals surface area contributed by atoms with E-state index in [9.17, 15) is 0 Å². The molecule has 0 N–H and O–H groups in total. The zero-order chi connectivity index (χ0) is 19.2. The molecule has 0 saturated carbocycles. The van der Waals surface area contributed by atoms with Crippen molar-refractivity contribution in [3.63, 3.8) is 0 Å². The summed E-state index contributed by atoms with van der Waals surface area (Å²) < 4.78 is 22.2. The van der Waals surface area contributed by atoms with E-state index < -0.39 is 0 Å². The number of aromatic nitrogens is 1. The molecule has 6 heteroatoms. The lowest BCUT2D eigenvalue weighted by Gasteiger charge is -2.14. The van der Waals surface area contributed by atoms with Crippen LogP contribution in [0.15, 0.2) is 42.6 Å². The first-order chi connectivity index (χ1) is 13.2. The lowest BCUT2D eigenvalue weighted by atomic mass is 10.0. The lowest BCUT2D eigenvalue weighted by Crippen LogP contribution is -2.00. The third-order valence-corrected chi connectivity index (χ3v) is 4.33.